The van der Waals surface area contributed by atoms with E-state index in [1.807, 2.05) is 20.8 Å². The zero-order chi connectivity index (χ0) is 44.9. The van der Waals surface area contributed by atoms with Gasteiger partial charge in [0.15, 0.2) is 11.7 Å². The second-order valence-electron chi connectivity index (χ2n) is 18.3. The Hall–Kier alpha value is -5.37. The monoisotopic (exact) mass is 851 g/mol. The molecule has 0 unspecified atom stereocenters. The molecule has 7 rings (SSSR count). The SMILES string of the molecule is CC(=O)O[C@@H]1C2=C(C)[C@@H](OC(=O)[C@H](O)[C@@H](NC(=O)c3ccccc3)c3ccccc3)C[C@@](O)([C@@H](OC(=O)c3ccccc3)[C@@H]3[C@]4(OC(C)=O)CO[C@@H]4C[C@H](C)[C@@]3(C)[C@H]1C)C2(C)C. The van der Waals surface area contributed by atoms with E-state index >= 15 is 0 Å². The van der Waals surface area contributed by atoms with Crippen molar-refractivity contribution in [1.82, 2.24) is 5.32 Å². The maximum absolute atomic E-state index is 14.4. The number of carbonyl (C=O) groups is 5. The van der Waals surface area contributed by atoms with Crippen molar-refractivity contribution in [3.8, 4) is 0 Å². The first-order chi connectivity index (χ1) is 29.3. The number of ether oxygens (including phenoxy) is 5. The summed E-state index contributed by atoms with van der Waals surface area (Å²) in [7, 11) is 0. The molecule has 3 aromatic carbocycles. The normalized spacial score (nSPS) is 33.0. The quantitative estimate of drug-likeness (QED) is 0.122. The molecule has 13 heteroatoms. The Labute approximate surface area is 362 Å². The number of hydrogen-bond acceptors (Lipinski definition) is 12. The molecule has 2 bridgehead atoms. The predicted molar refractivity (Wildman–Crippen MR) is 225 cm³/mol. The summed E-state index contributed by atoms with van der Waals surface area (Å²) in [5, 5.41) is 28.5. The Morgan fingerprint density at radius 3 is 1.94 bits per heavy atom. The van der Waals surface area contributed by atoms with Crippen molar-refractivity contribution < 1.29 is 57.9 Å². The molecular weight excluding hydrogens is 795 g/mol. The molecule has 1 amide bonds. The van der Waals surface area contributed by atoms with Gasteiger partial charge in [-0.25, -0.2) is 9.59 Å². The molecule has 3 aromatic rings. The molecule has 3 aliphatic carbocycles. The van der Waals surface area contributed by atoms with Gasteiger partial charge >= 0.3 is 23.9 Å². The molecule has 62 heavy (non-hydrogen) atoms. The van der Waals surface area contributed by atoms with Crippen LogP contribution in [0.25, 0.3) is 0 Å². The van der Waals surface area contributed by atoms with Gasteiger partial charge in [-0.2, -0.15) is 0 Å². The van der Waals surface area contributed by atoms with Crippen molar-refractivity contribution in [2.24, 2.45) is 28.6 Å². The zero-order valence-corrected chi connectivity index (χ0v) is 36.5. The lowest BCUT2D eigenvalue weighted by Crippen LogP contribution is -2.80. The van der Waals surface area contributed by atoms with E-state index in [0.29, 0.717) is 28.7 Å². The third-order valence-corrected chi connectivity index (χ3v) is 14.7. The molecule has 13 nitrogen and oxygen atoms in total. The lowest BCUT2D eigenvalue weighted by atomic mass is 9.41. The van der Waals surface area contributed by atoms with Gasteiger partial charge in [0.1, 0.15) is 30.0 Å². The van der Waals surface area contributed by atoms with Gasteiger partial charge in [0, 0.05) is 43.1 Å². The molecule has 1 aliphatic heterocycles. The molecule has 4 aliphatic rings. The van der Waals surface area contributed by atoms with Crippen molar-refractivity contribution >= 4 is 29.8 Å². The van der Waals surface area contributed by atoms with Gasteiger partial charge in [-0.3, -0.25) is 14.4 Å². The zero-order valence-electron chi connectivity index (χ0n) is 36.5. The minimum atomic E-state index is -2.13. The second-order valence-corrected chi connectivity index (χ2v) is 18.3. The maximum atomic E-state index is 14.4. The minimum absolute atomic E-state index is 0.0486. The fraction of sp³-hybridized carbons (Fsp3) is 0.490. The van der Waals surface area contributed by atoms with Crippen LogP contribution in [0.4, 0.5) is 0 Å². The van der Waals surface area contributed by atoms with Crippen molar-refractivity contribution in [3.63, 3.8) is 0 Å². The Balaban J connectivity index is 1.38. The van der Waals surface area contributed by atoms with Crippen LogP contribution in [0.1, 0.15) is 101 Å². The Kier molecular flexibility index (Phi) is 12.1. The molecule has 1 saturated heterocycles. The molecule has 0 radical (unpaired) electrons. The van der Waals surface area contributed by atoms with E-state index in [1.54, 1.807) is 112 Å². The highest BCUT2D eigenvalue weighted by Crippen LogP contribution is 2.68. The van der Waals surface area contributed by atoms with Gasteiger partial charge in [-0.05, 0) is 65.7 Å². The fourth-order valence-corrected chi connectivity index (χ4v) is 11.1. The molecule has 1 heterocycles. The van der Waals surface area contributed by atoms with E-state index in [2.05, 4.69) is 5.32 Å². The predicted octanol–water partition coefficient (Wildman–Crippen LogP) is 6.08. The highest BCUT2D eigenvalue weighted by Gasteiger charge is 2.77. The molecule has 2 saturated carbocycles. The highest BCUT2D eigenvalue weighted by molar-refractivity contribution is 5.95. The Morgan fingerprint density at radius 2 is 1.39 bits per heavy atom. The standard InChI is InChI=1S/C49H57NO12/c1-27-24-36-48(26-58-36,62-31(5)52)41-42(61-44(55)34-22-16-11-17-23-34)49(57)25-35(28(2)37(46(49,6)7)40(59-30(4)51)29(3)47(27,41)8)60-45(56)39(53)38(32-18-12-9-13-19-32)50-43(54)33-20-14-10-15-21-33/h9-23,27,29,35-36,38-42,53,57H,24-26H2,1-8H3,(H,50,54)/t27-,29-,35-,36+,38-,39+,40-,41-,42-,47-,48-,49+/m0/s1. The number of nitrogens with one attached hydrogen (secondary N) is 1. The third-order valence-electron chi connectivity index (χ3n) is 14.7. The lowest BCUT2D eigenvalue weighted by Gasteiger charge is -2.70. The lowest BCUT2D eigenvalue weighted by molar-refractivity contribution is -0.354. The van der Waals surface area contributed by atoms with Gasteiger partial charge in [0.05, 0.1) is 18.2 Å². The molecule has 3 N–H and O–H groups in total. The number of hydrogen-bond donors (Lipinski definition) is 3. The summed E-state index contributed by atoms with van der Waals surface area (Å²) in [5.41, 5.74) is -3.96. The summed E-state index contributed by atoms with van der Waals surface area (Å²) in [6.07, 6.45) is -6.19. The molecule has 0 aromatic heterocycles. The van der Waals surface area contributed by atoms with Crippen molar-refractivity contribution in [3.05, 3.63) is 119 Å². The number of esters is 4. The largest absolute Gasteiger partial charge is 0.458 e. The van der Waals surface area contributed by atoms with Gasteiger partial charge in [0.25, 0.3) is 5.91 Å². The topological polar surface area (TPSA) is 184 Å². The van der Waals surface area contributed by atoms with Gasteiger partial charge in [-0.15, -0.1) is 0 Å². The number of amides is 1. The minimum Gasteiger partial charge on any atom is -0.458 e. The van der Waals surface area contributed by atoms with Crippen LogP contribution in [0, 0.1) is 28.6 Å². The smallest absolute Gasteiger partial charge is 0.338 e. The highest BCUT2D eigenvalue weighted by atomic mass is 16.6. The van der Waals surface area contributed by atoms with E-state index in [-0.39, 0.29) is 24.5 Å². The van der Waals surface area contributed by atoms with E-state index in [9.17, 15) is 34.2 Å². The Bertz CT molecular complexity index is 2230. The Morgan fingerprint density at radius 1 is 0.806 bits per heavy atom. The molecule has 0 spiro atoms. The third kappa shape index (κ3) is 7.41. The van der Waals surface area contributed by atoms with E-state index < -0.39 is 100 Å². The van der Waals surface area contributed by atoms with Crippen LogP contribution >= 0.6 is 0 Å². The number of carbonyl (C=O) groups excluding carboxylic acids is 5. The van der Waals surface area contributed by atoms with E-state index in [4.69, 9.17) is 23.7 Å². The number of benzene rings is 3. The summed E-state index contributed by atoms with van der Waals surface area (Å²) < 4.78 is 31.7. The number of fused-ring (bicyclic) bond motifs is 5. The van der Waals surface area contributed by atoms with Crippen LogP contribution in [0.15, 0.2) is 102 Å². The van der Waals surface area contributed by atoms with Crippen molar-refractivity contribution in [2.75, 3.05) is 6.61 Å². The average molecular weight is 852 g/mol. The first-order valence-corrected chi connectivity index (χ1v) is 21.2. The summed E-state index contributed by atoms with van der Waals surface area (Å²) in [6.45, 7) is 13.8. The molecule has 12 atom stereocenters. The number of aliphatic hydroxyl groups is 2. The van der Waals surface area contributed by atoms with E-state index in [0.717, 1.165) is 0 Å². The first kappa shape index (κ1) is 44.7. The molecular formula is C49H57NO12. The van der Waals surface area contributed by atoms with Gasteiger partial charge in [-0.1, -0.05) is 101 Å². The average Bonchev–Trinajstić information content (AvgIpc) is 3.24. The number of rotatable bonds is 10. The van der Waals surface area contributed by atoms with Crippen LogP contribution in [0.2, 0.25) is 0 Å². The molecule has 3 fully saturated rings. The molecule has 330 valence electrons. The van der Waals surface area contributed by atoms with Crippen LogP contribution < -0.4 is 5.32 Å². The fourth-order valence-electron chi connectivity index (χ4n) is 11.1. The maximum Gasteiger partial charge on any atom is 0.338 e. The van der Waals surface area contributed by atoms with Crippen molar-refractivity contribution in [1.29, 1.82) is 0 Å². The van der Waals surface area contributed by atoms with Gasteiger partial charge < -0.3 is 39.2 Å². The van der Waals surface area contributed by atoms with Crippen LogP contribution in [0.5, 0.6) is 0 Å². The van der Waals surface area contributed by atoms with Crippen LogP contribution in [-0.4, -0.2) is 88.3 Å². The van der Waals surface area contributed by atoms with Crippen molar-refractivity contribution in [2.45, 2.75) is 116 Å². The summed E-state index contributed by atoms with van der Waals surface area (Å²) in [6, 6.07) is 24.0. The number of aliphatic hydroxyl groups excluding tert-OH is 1. The summed E-state index contributed by atoms with van der Waals surface area (Å²) >= 11 is 0. The summed E-state index contributed by atoms with van der Waals surface area (Å²) in [4.78, 5) is 68.6. The second kappa shape index (κ2) is 16.7. The van der Waals surface area contributed by atoms with E-state index in [1.165, 1.54) is 13.8 Å². The van der Waals surface area contributed by atoms with Gasteiger partial charge in [0.2, 0.25) is 0 Å². The summed E-state index contributed by atoms with van der Waals surface area (Å²) in [5.74, 6) is -5.32. The first-order valence-electron chi connectivity index (χ1n) is 21.2. The van der Waals surface area contributed by atoms with Crippen LogP contribution in [0.3, 0.4) is 0 Å². The van der Waals surface area contributed by atoms with Crippen LogP contribution in [-0.2, 0) is 38.1 Å².